The highest BCUT2D eigenvalue weighted by atomic mass is 19.1. The zero-order valence-corrected chi connectivity index (χ0v) is 10.7. The Labute approximate surface area is 114 Å². The van der Waals surface area contributed by atoms with Gasteiger partial charge in [0, 0.05) is 17.7 Å². The molecule has 0 fully saturated rings. The molecule has 2 aromatic carbocycles. The van der Waals surface area contributed by atoms with Gasteiger partial charge in [-0.3, -0.25) is 10.1 Å². The van der Waals surface area contributed by atoms with Crippen LogP contribution in [-0.2, 0) is 0 Å². The highest BCUT2D eigenvalue weighted by molar-refractivity contribution is 5.48. The molecule has 0 aliphatic carbocycles. The fourth-order valence-corrected chi connectivity index (χ4v) is 1.93. The lowest BCUT2D eigenvalue weighted by Crippen LogP contribution is -2.13. The molecular weight excluding hydrogens is 263 g/mol. The lowest BCUT2D eigenvalue weighted by atomic mass is 9.98. The molecule has 0 aliphatic heterocycles. The molecule has 1 atom stereocenters. The van der Waals surface area contributed by atoms with Crippen LogP contribution in [0.3, 0.4) is 0 Å². The number of nitrogens with zero attached hydrogens (tertiary/aromatic N) is 1. The molecule has 20 heavy (non-hydrogen) atoms. The standard InChI is InChI=1S/C14H13FN2O3/c1-20-13-7-6-11(17(18)19)8-12(13)14(16)9-2-4-10(15)5-3-9/h2-8,14H,16H2,1H3. The first-order valence-electron chi connectivity index (χ1n) is 5.86. The summed E-state index contributed by atoms with van der Waals surface area (Å²) in [4.78, 5) is 10.3. The molecule has 5 nitrogen and oxygen atoms in total. The van der Waals surface area contributed by atoms with Crippen molar-refractivity contribution in [2.75, 3.05) is 7.11 Å². The van der Waals surface area contributed by atoms with Gasteiger partial charge < -0.3 is 10.5 Å². The molecule has 0 aromatic heterocycles. The highest BCUT2D eigenvalue weighted by Crippen LogP contribution is 2.31. The monoisotopic (exact) mass is 276 g/mol. The Balaban J connectivity index is 2.46. The third-order valence-electron chi connectivity index (χ3n) is 2.99. The van der Waals surface area contributed by atoms with Gasteiger partial charge in [0.1, 0.15) is 11.6 Å². The molecule has 0 spiro atoms. The summed E-state index contributed by atoms with van der Waals surface area (Å²) in [7, 11) is 1.46. The molecule has 0 heterocycles. The first-order valence-corrected chi connectivity index (χ1v) is 5.86. The Morgan fingerprint density at radius 3 is 2.45 bits per heavy atom. The van der Waals surface area contributed by atoms with Gasteiger partial charge in [-0.05, 0) is 23.8 Å². The summed E-state index contributed by atoms with van der Waals surface area (Å²) < 4.78 is 18.1. The zero-order valence-electron chi connectivity index (χ0n) is 10.7. The van der Waals surface area contributed by atoms with E-state index in [9.17, 15) is 14.5 Å². The van der Waals surface area contributed by atoms with Crippen LogP contribution >= 0.6 is 0 Å². The SMILES string of the molecule is COc1ccc([N+](=O)[O-])cc1C(N)c1ccc(F)cc1. The number of nitro benzene ring substituents is 1. The second-order valence-corrected chi connectivity index (χ2v) is 4.21. The number of nitrogens with two attached hydrogens (primary N) is 1. The van der Waals surface area contributed by atoms with E-state index in [1.54, 1.807) is 0 Å². The fourth-order valence-electron chi connectivity index (χ4n) is 1.93. The van der Waals surface area contributed by atoms with Crippen LogP contribution in [-0.4, -0.2) is 12.0 Å². The second kappa shape index (κ2) is 5.66. The first-order chi connectivity index (χ1) is 9.52. The average Bonchev–Trinajstić information content (AvgIpc) is 2.46. The summed E-state index contributed by atoms with van der Waals surface area (Å²) >= 11 is 0. The molecule has 6 heteroatoms. The van der Waals surface area contributed by atoms with Crippen molar-refractivity contribution in [1.29, 1.82) is 0 Å². The predicted molar refractivity (Wildman–Crippen MR) is 72.1 cm³/mol. The van der Waals surface area contributed by atoms with E-state index in [0.717, 1.165) is 0 Å². The molecule has 2 aromatic rings. The Morgan fingerprint density at radius 2 is 1.90 bits per heavy atom. The van der Waals surface area contributed by atoms with Crippen molar-refractivity contribution in [3.05, 3.63) is 69.5 Å². The number of hydrogen-bond donors (Lipinski definition) is 1. The van der Waals surface area contributed by atoms with Crippen molar-refractivity contribution in [3.8, 4) is 5.75 Å². The van der Waals surface area contributed by atoms with E-state index in [1.165, 1.54) is 49.6 Å². The lowest BCUT2D eigenvalue weighted by molar-refractivity contribution is -0.384. The van der Waals surface area contributed by atoms with Gasteiger partial charge in [-0.15, -0.1) is 0 Å². The number of methoxy groups -OCH3 is 1. The van der Waals surface area contributed by atoms with E-state index in [4.69, 9.17) is 10.5 Å². The molecule has 1 unspecified atom stereocenters. The van der Waals surface area contributed by atoms with E-state index < -0.39 is 11.0 Å². The maximum absolute atomic E-state index is 12.9. The van der Waals surface area contributed by atoms with Crippen LogP contribution in [0.4, 0.5) is 10.1 Å². The molecule has 0 aliphatic rings. The molecule has 2 rings (SSSR count). The van der Waals surface area contributed by atoms with Crippen molar-refractivity contribution in [2.45, 2.75) is 6.04 Å². The molecule has 2 N–H and O–H groups in total. The molecular formula is C14H13FN2O3. The van der Waals surface area contributed by atoms with Crippen molar-refractivity contribution in [3.63, 3.8) is 0 Å². The van der Waals surface area contributed by atoms with Crippen LogP contribution < -0.4 is 10.5 Å². The molecule has 104 valence electrons. The van der Waals surface area contributed by atoms with Crippen LogP contribution in [0.1, 0.15) is 17.2 Å². The van der Waals surface area contributed by atoms with E-state index in [0.29, 0.717) is 16.9 Å². The van der Waals surface area contributed by atoms with Crippen LogP contribution in [0, 0.1) is 15.9 Å². The third-order valence-corrected chi connectivity index (χ3v) is 2.99. The molecule has 0 saturated carbocycles. The molecule has 0 amide bonds. The first kappa shape index (κ1) is 14.0. The van der Waals surface area contributed by atoms with Gasteiger partial charge in [-0.2, -0.15) is 0 Å². The summed E-state index contributed by atoms with van der Waals surface area (Å²) in [6.07, 6.45) is 0. The average molecular weight is 276 g/mol. The Hall–Kier alpha value is -2.47. The van der Waals surface area contributed by atoms with E-state index >= 15 is 0 Å². The summed E-state index contributed by atoms with van der Waals surface area (Å²) in [6.45, 7) is 0. The number of rotatable bonds is 4. The Kier molecular flexibility index (Phi) is 3.95. The number of nitro groups is 1. The van der Waals surface area contributed by atoms with Crippen molar-refractivity contribution < 1.29 is 14.1 Å². The minimum atomic E-state index is -0.634. The maximum Gasteiger partial charge on any atom is 0.270 e. The number of halogens is 1. The van der Waals surface area contributed by atoms with Gasteiger partial charge in [0.15, 0.2) is 0 Å². The fraction of sp³-hybridized carbons (Fsp3) is 0.143. The topological polar surface area (TPSA) is 78.4 Å². The zero-order chi connectivity index (χ0) is 14.7. The number of ether oxygens (including phenoxy) is 1. The van der Waals surface area contributed by atoms with Crippen molar-refractivity contribution in [2.24, 2.45) is 5.73 Å². The second-order valence-electron chi connectivity index (χ2n) is 4.21. The van der Waals surface area contributed by atoms with Crippen LogP contribution in [0.15, 0.2) is 42.5 Å². The number of benzene rings is 2. The highest BCUT2D eigenvalue weighted by Gasteiger charge is 2.18. The quantitative estimate of drug-likeness (QED) is 0.688. The Bertz CT molecular complexity index is 629. The van der Waals surface area contributed by atoms with E-state index in [2.05, 4.69) is 0 Å². The van der Waals surface area contributed by atoms with Gasteiger partial charge in [0.25, 0.3) is 5.69 Å². The van der Waals surface area contributed by atoms with E-state index in [-0.39, 0.29) is 11.5 Å². The smallest absolute Gasteiger partial charge is 0.270 e. The summed E-state index contributed by atoms with van der Waals surface area (Å²) in [5.41, 5.74) is 7.14. The predicted octanol–water partition coefficient (Wildman–Crippen LogP) is 2.79. The summed E-state index contributed by atoms with van der Waals surface area (Å²) in [5, 5.41) is 10.8. The van der Waals surface area contributed by atoms with Crippen LogP contribution in [0.2, 0.25) is 0 Å². The van der Waals surface area contributed by atoms with Crippen LogP contribution in [0.5, 0.6) is 5.75 Å². The lowest BCUT2D eigenvalue weighted by Gasteiger charge is -2.16. The minimum absolute atomic E-state index is 0.0710. The van der Waals surface area contributed by atoms with E-state index in [1.807, 2.05) is 0 Å². The van der Waals surface area contributed by atoms with Gasteiger partial charge in [0.05, 0.1) is 18.1 Å². The molecule has 0 saturated heterocycles. The summed E-state index contributed by atoms with van der Waals surface area (Å²) in [5.74, 6) is 0.0828. The summed E-state index contributed by atoms with van der Waals surface area (Å²) in [6, 6.07) is 9.24. The normalized spacial score (nSPS) is 11.9. The minimum Gasteiger partial charge on any atom is -0.496 e. The van der Waals surface area contributed by atoms with Gasteiger partial charge in [-0.1, -0.05) is 12.1 Å². The maximum atomic E-state index is 12.9. The molecule has 0 radical (unpaired) electrons. The largest absolute Gasteiger partial charge is 0.496 e. The third kappa shape index (κ3) is 2.75. The van der Waals surface area contributed by atoms with Crippen molar-refractivity contribution in [1.82, 2.24) is 0 Å². The van der Waals surface area contributed by atoms with Crippen LogP contribution in [0.25, 0.3) is 0 Å². The van der Waals surface area contributed by atoms with Gasteiger partial charge in [-0.25, -0.2) is 4.39 Å². The number of non-ortho nitro benzene ring substituents is 1. The Morgan fingerprint density at radius 1 is 1.25 bits per heavy atom. The van der Waals surface area contributed by atoms with Crippen molar-refractivity contribution >= 4 is 5.69 Å². The molecule has 0 bridgehead atoms. The number of hydrogen-bond acceptors (Lipinski definition) is 4. The van der Waals surface area contributed by atoms with Gasteiger partial charge in [0.2, 0.25) is 0 Å². The van der Waals surface area contributed by atoms with Gasteiger partial charge >= 0.3 is 0 Å².